The number of fused-ring (bicyclic) bond motifs is 4. The molecule has 41 heavy (non-hydrogen) atoms. The fraction of sp³-hybridized carbons (Fsp3) is 0.333. The normalized spacial score (nSPS) is 16.4. The van der Waals surface area contributed by atoms with Gasteiger partial charge in [0, 0.05) is 17.3 Å². The van der Waals surface area contributed by atoms with E-state index in [9.17, 15) is 8.42 Å². The van der Waals surface area contributed by atoms with E-state index in [4.69, 9.17) is 4.74 Å². The number of aryl methyl sites for hydroxylation is 2. The standard InChI is InChI=1S/C33H38N4O3S/c1-6-33(7-2,8-3)25-17-15-24(16-18-25)29-21-34-26-13-10-14-27(19-26)41(38,39)37-32-35-28(20-30(36-32)40-29)31-22(4)11-9-12-23(31)5/h9-20,29,34H,6-8,21H2,1-5H3,(H,35,36,37). The van der Waals surface area contributed by atoms with Gasteiger partial charge in [0.2, 0.25) is 11.8 Å². The maximum Gasteiger partial charge on any atom is 0.264 e. The fourth-order valence-electron chi connectivity index (χ4n) is 5.83. The lowest BCUT2D eigenvalue weighted by Gasteiger charge is -2.31. The summed E-state index contributed by atoms with van der Waals surface area (Å²) in [6, 6.07) is 23.2. The van der Waals surface area contributed by atoms with Gasteiger partial charge in [-0.3, -0.25) is 0 Å². The van der Waals surface area contributed by atoms with E-state index in [0.29, 0.717) is 23.8 Å². The summed E-state index contributed by atoms with van der Waals surface area (Å²) in [6.45, 7) is 11.2. The highest BCUT2D eigenvalue weighted by molar-refractivity contribution is 7.92. The van der Waals surface area contributed by atoms with Crippen LogP contribution in [0.5, 0.6) is 5.88 Å². The smallest absolute Gasteiger partial charge is 0.264 e. The van der Waals surface area contributed by atoms with E-state index < -0.39 is 16.1 Å². The van der Waals surface area contributed by atoms with Crippen LogP contribution in [0, 0.1) is 13.8 Å². The van der Waals surface area contributed by atoms with Crippen molar-refractivity contribution in [2.75, 3.05) is 16.6 Å². The second kappa shape index (κ2) is 11.5. The number of nitrogens with zero attached hydrogens (tertiary/aromatic N) is 2. The van der Waals surface area contributed by atoms with Crippen LogP contribution in [-0.4, -0.2) is 24.9 Å². The molecule has 7 nitrogen and oxygen atoms in total. The van der Waals surface area contributed by atoms with Crippen molar-refractivity contribution in [2.24, 2.45) is 0 Å². The van der Waals surface area contributed by atoms with Gasteiger partial charge < -0.3 is 10.1 Å². The summed E-state index contributed by atoms with van der Waals surface area (Å²) in [6.07, 6.45) is 2.85. The van der Waals surface area contributed by atoms with Gasteiger partial charge >= 0.3 is 0 Å². The molecule has 1 atom stereocenters. The van der Waals surface area contributed by atoms with E-state index in [1.807, 2.05) is 38.1 Å². The molecule has 0 radical (unpaired) electrons. The molecule has 4 aromatic rings. The van der Waals surface area contributed by atoms with Crippen LogP contribution in [0.25, 0.3) is 11.3 Å². The predicted octanol–water partition coefficient (Wildman–Crippen LogP) is 7.57. The minimum absolute atomic E-state index is 0.0354. The number of nitrogens with one attached hydrogen (secondary N) is 2. The van der Waals surface area contributed by atoms with Gasteiger partial charge in [-0.15, -0.1) is 0 Å². The molecule has 0 saturated carbocycles. The molecule has 0 amide bonds. The van der Waals surface area contributed by atoms with Crippen LogP contribution in [0.15, 0.2) is 77.7 Å². The zero-order valence-corrected chi connectivity index (χ0v) is 25.2. The Bertz CT molecular complexity index is 1620. The van der Waals surface area contributed by atoms with Crippen LogP contribution >= 0.6 is 0 Å². The first kappa shape index (κ1) is 28.6. The Kier molecular flexibility index (Phi) is 8.04. The third kappa shape index (κ3) is 5.79. The number of rotatable bonds is 6. The first-order valence-electron chi connectivity index (χ1n) is 14.3. The van der Waals surface area contributed by atoms with Crippen LogP contribution in [0.1, 0.15) is 68.4 Å². The van der Waals surface area contributed by atoms with Gasteiger partial charge in [0.15, 0.2) is 0 Å². The molecular formula is C33H38N4O3S. The lowest BCUT2D eigenvalue weighted by molar-refractivity contribution is 0.210. The first-order chi connectivity index (χ1) is 19.7. The summed E-state index contributed by atoms with van der Waals surface area (Å²) in [7, 11) is -3.93. The van der Waals surface area contributed by atoms with Crippen molar-refractivity contribution in [2.45, 2.75) is 70.3 Å². The number of anilines is 2. The highest BCUT2D eigenvalue weighted by atomic mass is 32.2. The molecule has 5 rings (SSSR count). The van der Waals surface area contributed by atoms with E-state index in [2.05, 4.69) is 65.0 Å². The van der Waals surface area contributed by atoms with Crippen molar-refractivity contribution < 1.29 is 13.2 Å². The third-order valence-corrected chi connectivity index (χ3v) is 9.82. The summed E-state index contributed by atoms with van der Waals surface area (Å²) in [4.78, 5) is 9.26. The number of benzene rings is 3. The maximum absolute atomic E-state index is 13.3. The fourth-order valence-corrected chi connectivity index (χ4v) is 6.82. The molecule has 0 aliphatic carbocycles. The first-order valence-corrected chi connectivity index (χ1v) is 15.8. The minimum atomic E-state index is -3.93. The van der Waals surface area contributed by atoms with E-state index >= 15 is 0 Å². The number of aromatic nitrogens is 2. The minimum Gasteiger partial charge on any atom is -0.467 e. The van der Waals surface area contributed by atoms with Gasteiger partial charge in [0.05, 0.1) is 17.1 Å². The molecule has 1 aliphatic heterocycles. The molecule has 8 heteroatoms. The van der Waals surface area contributed by atoms with Crippen molar-refractivity contribution in [3.63, 3.8) is 0 Å². The third-order valence-electron chi connectivity index (χ3n) is 8.49. The van der Waals surface area contributed by atoms with Gasteiger partial charge in [-0.05, 0) is 79.0 Å². The Morgan fingerprint density at radius 1 is 0.878 bits per heavy atom. The van der Waals surface area contributed by atoms with Crippen LogP contribution in [-0.2, 0) is 15.4 Å². The highest BCUT2D eigenvalue weighted by Crippen LogP contribution is 2.36. The summed E-state index contributed by atoms with van der Waals surface area (Å²) in [5, 5.41) is 3.38. The summed E-state index contributed by atoms with van der Waals surface area (Å²) < 4.78 is 35.7. The van der Waals surface area contributed by atoms with Crippen molar-refractivity contribution in [3.8, 4) is 17.1 Å². The van der Waals surface area contributed by atoms with Crippen LogP contribution in [0.3, 0.4) is 0 Å². The average molecular weight is 571 g/mol. The van der Waals surface area contributed by atoms with Crippen molar-refractivity contribution >= 4 is 21.7 Å². The van der Waals surface area contributed by atoms with Crippen molar-refractivity contribution in [1.82, 2.24) is 9.97 Å². The SMILES string of the molecule is CCC(CC)(CC)c1ccc(C2CNc3cccc(c3)S(=O)(=O)Nc3nc(cc(-c4c(C)cccc4C)n3)O2)cc1. The topological polar surface area (TPSA) is 93.2 Å². The van der Waals surface area contributed by atoms with E-state index in [-0.39, 0.29) is 16.3 Å². The van der Waals surface area contributed by atoms with E-state index in [1.165, 1.54) is 5.56 Å². The molecule has 2 heterocycles. The maximum atomic E-state index is 13.3. The lowest BCUT2D eigenvalue weighted by Crippen LogP contribution is -2.24. The van der Waals surface area contributed by atoms with Gasteiger partial charge in [0.1, 0.15) is 6.10 Å². The van der Waals surface area contributed by atoms with Crippen LogP contribution < -0.4 is 14.8 Å². The number of hydrogen-bond donors (Lipinski definition) is 2. The summed E-state index contributed by atoms with van der Waals surface area (Å²) >= 11 is 0. The number of ether oxygens (including phenoxy) is 1. The second-order valence-corrected chi connectivity index (χ2v) is 12.4. The van der Waals surface area contributed by atoms with Gasteiger partial charge in [-0.25, -0.2) is 18.1 Å². The van der Waals surface area contributed by atoms with Gasteiger partial charge in [0.25, 0.3) is 10.0 Å². The predicted molar refractivity (Wildman–Crippen MR) is 165 cm³/mol. The molecule has 0 fully saturated rings. The monoisotopic (exact) mass is 570 g/mol. The Labute approximate surface area is 243 Å². The quantitative estimate of drug-likeness (QED) is 0.248. The Morgan fingerprint density at radius 3 is 2.20 bits per heavy atom. The lowest BCUT2D eigenvalue weighted by atomic mass is 9.73. The zero-order chi connectivity index (χ0) is 29.2. The number of hydrogen-bond acceptors (Lipinski definition) is 6. The molecular weight excluding hydrogens is 532 g/mol. The second-order valence-electron chi connectivity index (χ2n) is 10.8. The Morgan fingerprint density at radius 2 is 1.54 bits per heavy atom. The Hall–Kier alpha value is -3.91. The molecule has 0 saturated heterocycles. The number of sulfonamides is 1. The van der Waals surface area contributed by atoms with E-state index in [0.717, 1.165) is 41.5 Å². The molecule has 1 aliphatic rings. The largest absolute Gasteiger partial charge is 0.467 e. The molecule has 0 spiro atoms. The van der Waals surface area contributed by atoms with Crippen LogP contribution in [0.4, 0.5) is 11.6 Å². The molecule has 2 N–H and O–H groups in total. The zero-order valence-electron chi connectivity index (χ0n) is 24.4. The molecule has 214 valence electrons. The van der Waals surface area contributed by atoms with Crippen molar-refractivity contribution in [1.29, 1.82) is 0 Å². The highest BCUT2D eigenvalue weighted by Gasteiger charge is 2.27. The van der Waals surface area contributed by atoms with Crippen molar-refractivity contribution in [3.05, 3.63) is 95.1 Å². The average Bonchev–Trinajstić information content (AvgIpc) is 2.96. The van der Waals surface area contributed by atoms with Gasteiger partial charge in [-0.1, -0.05) is 69.3 Å². The van der Waals surface area contributed by atoms with E-state index in [1.54, 1.807) is 24.3 Å². The summed E-state index contributed by atoms with van der Waals surface area (Å²) in [5.41, 5.74) is 6.73. The van der Waals surface area contributed by atoms with Gasteiger partial charge in [-0.2, -0.15) is 4.98 Å². The molecule has 1 aromatic heterocycles. The molecule has 4 bridgehead atoms. The molecule has 3 aromatic carbocycles. The Balaban J connectivity index is 1.62. The summed E-state index contributed by atoms with van der Waals surface area (Å²) in [5.74, 6) is 0.257. The molecule has 1 unspecified atom stereocenters. The van der Waals surface area contributed by atoms with Crippen LogP contribution in [0.2, 0.25) is 0 Å².